The van der Waals surface area contributed by atoms with Crippen molar-refractivity contribution in [1.82, 2.24) is 15.1 Å². The third kappa shape index (κ3) is 5.65. The van der Waals surface area contributed by atoms with Crippen molar-refractivity contribution < 1.29 is 49.0 Å². The van der Waals surface area contributed by atoms with E-state index in [-0.39, 0.29) is 42.9 Å². The van der Waals surface area contributed by atoms with Crippen molar-refractivity contribution in [3.05, 3.63) is 51.5 Å². The molecule has 2 aromatic rings. The maximum atomic E-state index is 13.7. The fourth-order valence-electron chi connectivity index (χ4n) is 4.93. The van der Waals surface area contributed by atoms with E-state index in [1.807, 2.05) is 0 Å². The summed E-state index contributed by atoms with van der Waals surface area (Å²) in [5.74, 6) is -6.11. The smallest absolute Gasteiger partial charge is 0.526 e. The first-order valence-electron chi connectivity index (χ1n) is 12.7. The number of carbonyl (C=O) groups excluding carboxylic acids is 4. The summed E-state index contributed by atoms with van der Waals surface area (Å²) in [5, 5.41) is 42.2. The fraction of sp³-hybridized carbons (Fsp3) is 0.346. The number of ketones is 1. The number of rotatable bonds is 7. The van der Waals surface area contributed by atoms with Crippen LogP contribution in [0, 0.1) is 6.92 Å². The average molecular weight is 588 g/mol. The molecule has 0 aromatic heterocycles. The molecule has 2 heterocycles. The van der Waals surface area contributed by atoms with Crippen LogP contribution in [0.5, 0.6) is 17.2 Å². The van der Waals surface area contributed by atoms with Gasteiger partial charge in [-0.2, -0.15) is 0 Å². The number of aromatic hydroxyl groups is 2. The van der Waals surface area contributed by atoms with Gasteiger partial charge in [-0.05, 0) is 37.5 Å². The lowest BCUT2D eigenvalue weighted by atomic mass is 9.64. The van der Waals surface area contributed by atoms with Crippen LogP contribution in [-0.4, -0.2) is 86.5 Å². The lowest BCUT2D eigenvalue weighted by Crippen LogP contribution is -2.58. The van der Waals surface area contributed by atoms with Gasteiger partial charge in [0.1, 0.15) is 17.4 Å². The number of benzene rings is 2. The predicted molar refractivity (Wildman–Crippen MR) is 144 cm³/mol. The molecule has 0 radical (unpaired) electrons. The first-order valence-corrected chi connectivity index (χ1v) is 13.1. The molecule has 2 aliphatic heterocycles. The van der Waals surface area contributed by atoms with Crippen molar-refractivity contribution in [2.24, 2.45) is 0 Å². The van der Waals surface area contributed by atoms with Crippen molar-refractivity contribution in [3.63, 3.8) is 0 Å². The monoisotopic (exact) mass is 587 g/mol. The van der Waals surface area contributed by atoms with Crippen molar-refractivity contribution in [2.75, 3.05) is 19.6 Å². The highest BCUT2D eigenvalue weighted by Crippen LogP contribution is 2.41. The minimum Gasteiger partial charge on any atom is -0.535 e. The summed E-state index contributed by atoms with van der Waals surface area (Å²) < 4.78 is 5.53. The molecule has 41 heavy (non-hydrogen) atoms. The Morgan fingerprint density at radius 2 is 1.85 bits per heavy atom. The number of imide groups is 1. The number of carboxylic acid groups (broad SMARTS) is 1. The van der Waals surface area contributed by atoms with Crippen molar-refractivity contribution in [3.8, 4) is 17.2 Å². The van der Waals surface area contributed by atoms with Gasteiger partial charge in [-0.3, -0.25) is 19.3 Å². The molecule has 1 unspecified atom stereocenters. The summed E-state index contributed by atoms with van der Waals surface area (Å²) in [6, 6.07) is 2.84. The van der Waals surface area contributed by atoms with Crippen LogP contribution in [-0.2, 0) is 20.8 Å². The Balaban J connectivity index is 1.62. The number of carboxylic acids is 1. The predicted octanol–water partition coefficient (Wildman–Crippen LogP) is 1.64. The zero-order valence-electron chi connectivity index (χ0n) is 22.1. The Morgan fingerprint density at radius 1 is 1.15 bits per heavy atom. The molecular formula is C26H27BClN3O10. The van der Waals surface area contributed by atoms with Crippen LogP contribution < -0.4 is 9.97 Å². The molecule has 2 aromatic carbocycles. The molecule has 216 valence electrons. The Hall–Kier alpha value is -4.30. The number of hydrogen-bond acceptors (Lipinski definition) is 9. The Morgan fingerprint density at radius 3 is 2.51 bits per heavy atom. The quantitative estimate of drug-likeness (QED) is 0.181. The molecule has 1 fully saturated rings. The number of aromatic carboxylic acids is 1. The number of fused-ring (bicyclic) bond motifs is 1. The molecule has 15 heteroatoms. The highest BCUT2D eigenvalue weighted by Gasteiger charge is 2.42. The minimum absolute atomic E-state index is 0.000505. The zero-order chi connectivity index (χ0) is 30.2. The largest absolute Gasteiger partial charge is 0.535 e. The maximum absolute atomic E-state index is 13.7. The summed E-state index contributed by atoms with van der Waals surface area (Å²) >= 11 is 6.21. The van der Waals surface area contributed by atoms with Crippen LogP contribution in [0.3, 0.4) is 0 Å². The number of piperazine rings is 1. The molecule has 0 spiro atoms. The molecule has 2 atom stereocenters. The first kappa shape index (κ1) is 29.7. The second-order valence-electron chi connectivity index (χ2n) is 9.75. The zero-order valence-corrected chi connectivity index (χ0v) is 22.8. The van der Waals surface area contributed by atoms with E-state index in [9.17, 15) is 44.3 Å². The van der Waals surface area contributed by atoms with Crippen LogP contribution >= 0.6 is 11.6 Å². The molecule has 2 aliphatic rings. The second kappa shape index (κ2) is 11.7. The number of carbonyl (C=O) groups is 5. The topological polar surface area (TPSA) is 194 Å². The van der Waals surface area contributed by atoms with Crippen molar-refractivity contribution >= 4 is 48.3 Å². The molecule has 0 aliphatic carbocycles. The van der Waals surface area contributed by atoms with Gasteiger partial charge in [0.05, 0.1) is 5.02 Å². The van der Waals surface area contributed by atoms with E-state index < -0.39 is 71.5 Å². The van der Waals surface area contributed by atoms with Gasteiger partial charge < -0.3 is 35.2 Å². The molecule has 13 nitrogen and oxygen atoms in total. The van der Waals surface area contributed by atoms with Gasteiger partial charge in [0.2, 0.25) is 0 Å². The number of urea groups is 1. The maximum Gasteiger partial charge on any atom is 0.526 e. The van der Waals surface area contributed by atoms with Gasteiger partial charge in [0, 0.05) is 37.4 Å². The van der Waals surface area contributed by atoms with E-state index >= 15 is 0 Å². The fourth-order valence-corrected chi connectivity index (χ4v) is 5.20. The number of hydrogen-bond donors (Lipinski definition) is 5. The number of amides is 4. The lowest BCUT2D eigenvalue weighted by Gasteiger charge is -2.33. The van der Waals surface area contributed by atoms with Gasteiger partial charge in [0.15, 0.2) is 17.3 Å². The number of likely N-dealkylation sites (N-methyl/N-ethyl adjacent to an activating group) is 1. The van der Waals surface area contributed by atoms with E-state index in [0.29, 0.717) is 16.0 Å². The highest BCUT2D eigenvalue weighted by atomic mass is 35.5. The minimum atomic E-state index is -1.58. The van der Waals surface area contributed by atoms with E-state index in [4.69, 9.17) is 16.3 Å². The number of Topliss-reactive ketones (excluding diaryl/α,β-unsaturated/α-hetero) is 1. The van der Waals surface area contributed by atoms with Gasteiger partial charge in [-0.15, -0.1) is 0 Å². The molecule has 0 saturated carbocycles. The van der Waals surface area contributed by atoms with E-state index in [1.165, 1.54) is 11.0 Å². The normalized spacial score (nSPS) is 17.6. The summed E-state index contributed by atoms with van der Waals surface area (Å²) in [5.41, 5.74) is 0.664. The molecule has 5 N–H and O–H groups in total. The molecular weight excluding hydrogens is 561 g/mol. The van der Waals surface area contributed by atoms with Gasteiger partial charge >= 0.3 is 30.9 Å². The van der Waals surface area contributed by atoms with Gasteiger partial charge in [0.25, 0.3) is 0 Å². The van der Waals surface area contributed by atoms with Crippen LogP contribution in [0.2, 0.25) is 10.8 Å². The number of aryl methyl sites for hydroxylation is 1. The molecule has 4 amide bonds. The number of phenolic OH excluding ortho intramolecular Hbond substituents is 2. The Labute approximate surface area is 239 Å². The first-order chi connectivity index (χ1) is 19.3. The van der Waals surface area contributed by atoms with Crippen LogP contribution in [0.25, 0.3) is 0 Å². The Kier molecular flexibility index (Phi) is 8.45. The van der Waals surface area contributed by atoms with E-state index in [0.717, 1.165) is 6.07 Å². The number of nitrogens with zero attached hydrogens (tertiary/aromatic N) is 2. The summed E-state index contributed by atoms with van der Waals surface area (Å²) in [4.78, 5) is 65.3. The van der Waals surface area contributed by atoms with Crippen LogP contribution in [0.15, 0.2) is 24.3 Å². The molecule has 1 saturated heterocycles. The highest BCUT2D eigenvalue weighted by molar-refractivity contribution is 6.47. The third-order valence-corrected chi connectivity index (χ3v) is 7.61. The number of phenols is 2. The number of halogens is 1. The summed E-state index contributed by atoms with van der Waals surface area (Å²) in [7, 11) is -1.58. The lowest BCUT2D eigenvalue weighted by molar-refractivity contribution is -0.153. The average Bonchev–Trinajstić information content (AvgIpc) is 2.92. The number of nitrogens with one attached hydrogen (secondary N) is 1. The molecule has 4 rings (SSSR count). The van der Waals surface area contributed by atoms with Gasteiger partial charge in [-0.1, -0.05) is 29.8 Å². The SMILES string of the molecule is CCN1CCN(C(=O)NC(C(=O)C[C@H]2Cc3ccc(C)c(C(=O)O)c3OB2O)c2ccc(O)c(O)c2Cl)C(=O)C1=O. The van der Waals surface area contributed by atoms with Crippen molar-refractivity contribution in [2.45, 2.75) is 38.5 Å². The standard InChI is InChI=1S/C26H27BClN3O10/c1-3-30-8-9-31(24(36)23(30)35)26(39)29-20(15-6-7-16(32)21(34)19(15)28)17(33)11-14-10-13-5-4-12(2)18(25(37)38)22(13)41-27(14)40/h4-7,14,20,32,34,40H,3,8-11H2,1-2H3,(H,29,39)(H,37,38)/t14-,20?/m1/s1. The van der Waals surface area contributed by atoms with Gasteiger partial charge in [-0.25, -0.2) is 9.59 Å². The van der Waals surface area contributed by atoms with E-state index in [2.05, 4.69) is 5.32 Å². The second-order valence-corrected chi connectivity index (χ2v) is 10.1. The van der Waals surface area contributed by atoms with Crippen LogP contribution in [0.4, 0.5) is 4.79 Å². The van der Waals surface area contributed by atoms with E-state index in [1.54, 1.807) is 26.0 Å². The third-order valence-electron chi connectivity index (χ3n) is 7.21. The summed E-state index contributed by atoms with van der Waals surface area (Å²) in [6.45, 7) is 3.50. The van der Waals surface area contributed by atoms with Crippen molar-refractivity contribution in [1.29, 1.82) is 0 Å². The summed E-state index contributed by atoms with van der Waals surface area (Å²) in [6.07, 6.45) is -0.347. The molecule has 0 bridgehead atoms. The van der Waals surface area contributed by atoms with Crippen LogP contribution in [0.1, 0.15) is 46.4 Å². The Bertz CT molecular complexity index is 1450.